The van der Waals surface area contributed by atoms with Gasteiger partial charge in [0.05, 0.1) is 6.54 Å². The molecule has 0 aliphatic rings. The van der Waals surface area contributed by atoms with E-state index in [1.165, 1.54) is 11.3 Å². The predicted octanol–water partition coefficient (Wildman–Crippen LogP) is 2.22. The first-order valence-electron chi connectivity index (χ1n) is 5.37. The molecule has 1 rings (SSSR count). The zero-order chi connectivity index (χ0) is 13.4. The first kappa shape index (κ1) is 14.8. The van der Waals surface area contributed by atoms with Gasteiger partial charge < -0.3 is 10.4 Å². The highest BCUT2D eigenvalue weighted by atomic mass is 32.2. The fourth-order valence-electron chi connectivity index (χ4n) is 1.20. The monoisotopic (exact) mass is 285 g/mol. The third-order valence-electron chi connectivity index (χ3n) is 2.07. The van der Waals surface area contributed by atoms with Crippen LogP contribution >= 0.6 is 23.1 Å². The SMILES string of the molecule is CSCCC(=O)NCc1ccc(C=CC(=O)O)s1. The highest BCUT2D eigenvalue weighted by Gasteiger charge is 2.02. The molecule has 1 aromatic heterocycles. The van der Waals surface area contributed by atoms with Gasteiger partial charge in [-0.3, -0.25) is 4.79 Å². The van der Waals surface area contributed by atoms with Crippen molar-refractivity contribution in [3.63, 3.8) is 0 Å². The molecule has 0 aliphatic carbocycles. The second-order valence-corrected chi connectivity index (χ2v) is 5.68. The van der Waals surface area contributed by atoms with E-state index in [-0.39, 0.29) is 5.91 Å². The molecule has 1 amide bonds. The molecule has 18 heavy (non-hydrogen) atoms. The molecule has 0 atom stereocenters. The van der Waals surface area contributed by atoms with Crippen molar-refractivity contribution in [1.29, 1.82) is 0 Å². The summed E-state index contributed by atoms with van der Waals surface area (Å²) in [4.78, 5) is 23.6. The van der Waals surface area contributed by atoms with Gasteiger partial charge in [-0.05, 0) is 24.5 Å². The summed E-state index contributed by atoms with van der Waals surface area (Å²) in [6, 6.07) is 3.73. The van der Waals surface area contributed by atoms with Crippen LogP contribution in [0.5, 0.6) is 0 Å². The minimum Gasteiger partial charge on any atom is -0.478 e. The second-order valence-electron chi connectivity index (χ2n) is 3.50. The standard InChI is InChI=1S/C12H15NO3S2/c1-17-7-6-11(14)13-8-10-3-2-9(18-10)4-5-12(15)16/h2-5H,6-8H2,1H3,(H,13,14)(H,15,16). The third kappa shape index (κ3) is 5.88. The zero-order valence-electron chi connectivity index (χ0n) is 10.0. The first-order chi connectivity index (χ1) is 8.61. The molecule has 0 saturated heterocycles. The summed E-state index contributed by atoms with van der Waals surface area (Å²) in [6.45, 7) is 0.499. The molecule has 0 saturated carbocycles. The molecule has 4 nitrogen and oxygen atoms in total. The Labute approximate surface area is 114 Å². The Bertz CT molecular complexity index is 440. The van der Waals surface area contributed by atoms with Crippen molar-refractivity contribution in [3.05, 3.63) is 28.0 Å². The molecule has 0 aromatic carbocycles. The van der Waals surface area contributed by atoms with Gasteiger partial charge in [0.15, 0.2) is 0 Å². The van der Waals surface area contributed by atoms with E-state index in [0.717, 1.165) is 21.6 Å². The molecule has 0 bridgehead atoms. The molecule has 1 heterocycles. The smallest absolute Gasteiger partial charge is 0.328 e. The van der Waals surface area contributed by atoms with Crippen molar-refractivity contribution in [3.8, 4) is 0 Å². The van der Waals surface area contributed by atoms with Crippen LogP contribution in [0, 0.1) is 0 Å². The van der Waals surface area contributed by atoms with Crippen molar-refractivity contribution < 1.29 is 14.7 Å². The van der Waals surface area contributed by atoms with Gasteiger partial charge in [0.25, 0.3) is 0 Å². The highest BCUT2D eigenvalue weighted by molar-refractivity contribution is 7.98. The summed E-state index contributed by atoms with van der Waals surface area (Å²) in [5.41, 5.74) is 0. The Morgan fingerprint density at radius 3 is 2.94 bits per heavy atom. The van der Waals surface area contributed by atoms with Crippen molar-refractivity contribution in [2.75, 3.05) is 12.0 Å². The number of aliphatic carboxylic acids is 1. The maximum Gasteiger partial charge on any atom is 0.328 e. The molecule has 0 fully saturated rings. The van der Waals surface area contributed by atoms with Gasteiger partial charge in [0.2, 0.25) is 5.91 Å². The normalized spacial score (nSPS) is 10.7. The van der Waals surface area contributed by atoms with E-state index in [0.29, 0.717) is 13.0 Å². The van der Waals surface area contributed by atoms with Crippen molar-refractivity contribution in [2.24, 2.45) is 0 Å². The van der Waals surface area contributed by atoms with E-state index < -0.39 is 5.97 Å². The summed E-state index contributed by atoms with van der Waals surface area (Å²) < 4.78 is 0. The van der Waals surface area contributed by atoms with Crippen LogP contribution in [0.2, 0.25) is 0 Å². The third-order valence-corrected chi connectivity index (χ3v) is 3.73. The lowest BCUT2D eigenvalue weighted by molar-refractivity contribution is -0.131. The van der Waals surface area contributed by atoms with Gasteiger partial charge >= 0.3 is 5.97 Å². The largest absolute Gasteiger partial charge is 0.478 e. The number of hydrogen-bond donors (Lipinski definition) is 2. The summed E-state index contributed by atoms with van der Waals surface area (Å²) >= 11 is 3.11. The number of carboxylic acid groups (broad SMARTS) is 1. The van der Waals surface area contributed by atoms with Gasteiger partial charge in [0.1, 0.15) is 0 Å². The number of nitrogens with one attached hydrogen (secondary N) is 1. The zero-order valence-corrected chi connectivity index (χ0v) is 11.6. The number of rotatable bonds is 7. The molecule has 2 N–H and O–H groups in total. The van der Waals surface area contributed by atoms with Crippen molar-refractivity contribution in [1.82, 2.24) is 5.32 Å². The molecule has 0 aliphatic heterocycles. The minimum absolute atomic E-state index is 0.0420. The maximum atomic E-state index is 11.4. The maximum absolute atomic E-state index is 11.4. The molecule has 6 heteroatoms. The number of amides is 1. The molecule has 0 radical (unpaired) electrons. The van der Waals surface area contributed by atoms with E-state index in [4.69, 9.17) is 5.11 Å². The van der Waals surface area contributed by atoms with Crippen LogP contribution in [0.1, 0.15) is 16.2 Å². The summed E-state index contributed by atoms with van der Waals surface area (Å²) in [7, 11) is 0. The Morgan fingerprint density at radius 1 is 1.50 bits per heavy atom. The van der Waals surface area contributed by atoms with Crippen LogP contribution < -0.4 is 5.32 Å². The van der Waals surface area contributed by atoms with E-state index in [2.05, 4.69) is 5.32 Å². The van der Waals surface area contributed by atoms with E-state index in [1.807, 2.05) is 18.4 Å². The van der Waals surface area contributed by atoms with Gasteiger partial charge in [0, 0.05) is 28.0 Å². The lowest BCUT2D eigenvalue weighted by Crippen LogP contribution is -2.22. The molecule has 0 spiro atoms. The Kier molecular flexibility index (Phi) is 6.53. The summed E-state index contributed by atoms with van der Waals surface area (Å²) in [5, 5.41) is 11.3. The lowest BCUT2D eigenvalue weighted by atomic mass is 10.4. The Hall–Kier alpha value is -1.27. The number of carbonyl (C=O) groups is 2. The summed E-state index contributed by atoms with van der Waals surface area (Å²) in [6.07, 6.45) is 5.14. The van der Waals surface area contributed by atoms with Crippen molar-refractivity contribution >= 4 is 41.1 Å². The van der Waals surface area contributed by atoms with E-state index in [1.54, 1.807) is 17.8 Å². The van der Waals surface area contributed by atoms with Crippen LogP contribution in [0.4, 0.5) is 0 Å². The number of thioether (sulfide) groups is 1. The van der Waals surface area contributed by atoms with Crippen LogP contribution in [0.3, 0.4) is 0 Å². The van der Waals surface area contributed by atoms with E-state index in [9.17, 15) is 9.59 Å². The molecule has 1 aromatic rings. The first-order valence-corrected chi connectivity index (χ1v) is 7.58. The molecule has 98 valence electrons. The van der Waals surface area contributed by atoms with Gasteiger partial charge in [-0.2, -0.15) is 11.8 Å². The summed E-state index contributed by atoms with van der Waals surface area (Å²) in [5.74, 6) is -0.0984. The molecule has 0 unspecified atom stereocenters. The fraction of sp³-hybridized carbons (Fsp3) is 0.333. The number of carbonyl (C=O) groups excluding carboxylic acids is 1. The predicted molar refractivity (Wildman–Crippen MR) is 75.8 cm³/mol. The van der Waals surface area contributed by atoms with Gasteiger partial charge in [-0.1, -0.05) is 0 Å². The number of thiophene rings is 1. The molecular weight excluding hydrogens is 270 g/mol. The van der Waals surface area contributed by atoms with Gasteiger partial charge in [-0.25, -0.2) is 4.79 Å². The second kappa shape index (κ2) is 7.94. The lowest BCUT2D eigenvalue weighted by Gasteiger charge is -2.01. The average molecular weight is 285 g/mol. The van der Waals surface area contributed by atoms with Crippen molar-refractivity contribution in [2.45, 2.75) is 13.0 Å². The number of hydrogen-bond acceptors (Lipinski definition) is 4. The topological polar surface area (TPSA) is 66.4 Å². The fourth-order valence-corrected chi connectivity index (χ4v) is 2.45. The minimum atomic E-state index is -0.963. The quantitative estimate of drug-likeness (QED) is 0.754. The Balaban J connectivity index is 2.39. The number of carboxylic acids is 1. The highest BCUT2D eigenvalue weighted by Crippen LogP contribution is 2.17. The Morgan fingerprint density at radius 2 is 2.28 bits per heavy atom. The van der Waals surface area contributed by atoms with Gasteiger partial charge in [-0.15, -0.1) is 11.3 Å². The van der Waals surface area contributed by atoms with E-state index >= 15 is 0 Å². The molecular formula is C12H15NO3S2. The van der Waals surface area contributed by atoms with Crippen LogP contribution in [-0.2, 0) is 16.1 Å². The van der Waals surface area contributed by atoms with Crippen LogP contribution in [0.25, 0.3) is 6.08 Å². The average Bonchev–Trinajstić information content (AvgIpc) is 2.79. The van der Waals surface area contributed by atoms with Crippen LogP contribution in [-0.4, -0.2) is 29.0 Å². The van der Waals surface area contributed by atoms with Crippen LogP contribution in [0.15, 0.2) is 18.2 Å².